The van der Waals surface area contributed by atoms with Crippen molar-refractivity contribution < 1.29 is 32.6 Å². The molecule has 0 aliphatic carbocycles. The number of urea groups is 1. The number of amides is 3. The zero-order valence-corrected chi connectivity index (χ0v) is 30.5. The molecule has 3 amide bonds. The molecule has 4 aromatic rings. The van der Waals surface area contributed by atoms with Gasteiger partial charge in [-0.05, 0) is 74.2 Å². The number of carbonyl (C=O) groups is 2. The number of fused-ring (bicyclic) bond motifs is 2. The minimum Gasteiger partial charge on any atom is -0.490 e. The summed E-state index contributed by atoms with van der Waals surface area (Å²) in [4.78, 5) is 29.2. The number of rotatable bonds is 8. The molecule has 50 heavy (non-hydrogen) atoms. The summed E-state index contributed by atoms with van der Waals surface area (Å²) in [5, 5.41) is 19.6. The monoisotopic (exact) mass is 722 g/mol. The second-order valence-electron chi connectivity index (χ2n) is 12.8. The van der Waals surface area contributed by atoms with Crippen LogP contribution in [0.25, 0.3) is 10.8 Å². The van der Waals surface area contributed by atoms with Gasteiger partial charge in [0.25, 0.3) is 15.9 Å². The zero-order chi connectivity index (χ0) is 35.8. The van der Waals surface area contributed by atoms with Gasteiger partial charge in [0.05, 0.1) is 36.1 Å². The van der Waals surface area contributed by atoms with Crippen LogP contribution in [0.4, 0.5) is 16.2 Å². The maximum Gasteiger partial charge on any atom is 0.323 e. The van der Waals surface area contributed by atoms with Gasteiger partial charge in [-0.15, -0.1) is 11.3 Å². The van der Waals surface area contributed by atoms with Crippen molar-refractivity contribution in [1.29, 1.82) is 0 Å². The van der Waals surface area contributed by atoms with Crippen LogP contribution in [-0.4, -0.2) is 86.3 Å². The van der Waals surface area contributed by atoms with E-state index in [1.807, 2.05) is 56.3 Å². The Bertz CT molecular complexity index is 1860. The molecule has 4 atom stereocenters. The van der Waals surface area contributed by atoms with Gasteiger partial charge >= 0.3 is 6.03 Å². The van der Waals surface area contributed by atoms with E-state index in [1.165, 1.54) is 11.4 Å². The first-order valence-electron chi connectivity index (χ1n) is 16.9. The number of likely N-dealkylation sites (N-methyl/N-ethyl adjacent to an activating group) is 1. The molecule has 0 bridgehead atoms. The van der Waals surface area contributed by atoms with Gasteiger partial charge in [0.2, 0.25) is 0 Å². The molecule has 13 heteroatoms. The lowest BCUT2D eigenvalue weighted by Gasteiger charge is -2.35. The highest BCUT2D eigenvalue weighted by molar-refractivity contribution is 7.91. The first kappa shape index (κ1) is 37.3. The average molecular weight is 723 g/mol. The Morgan fingerprint density at radius 1 is 1.06 bits per heavy atom. The first-order valence-corrected chi connectivity index (χ1v) is 19.2. The van der Waals surface area contributed by atoms with Crippen LogP contribution in [0.3, 0.4) is 0 Å². The number of aliphatic hydroxyl groups is 1. The Morgan fingerprint density at radius 3 is 2.60 bits per heavy atom. The van der Waals surface area contributed by atoms with Gasteiger partial charge in [0.15, 0.2) is 0 Å². The number of aliphatic hydroxyl groups excluding tert-OH is 1. The van der Waals surface area contributed by atoms with E-state index in [4.69, 9.17) is 9.47 Å². The van der Waals surface area contributed by atoms with Gasteiger partial charge < -0.3 is 30.1 Å². The molecular formula is C37H46N4O7S2. The van der Waals surface area contributed by atoms with Crippen molar-refractivity contribution in [1.82, 2.24) is 9.21 Å². The lowest BCUT2D eigenvalue weighted by molar-refractivity contribution is -0.00832. The van der Waals surface area contributed by atoms with E-state index < -0.39 is 34.1 Å². The summed E-state index contributed by atoms with van der Waals surface area (Å²) in [7, 11) is -2.19. The summed E-state index contributed by atoms with van der Waals surface area (Å²) in [6.07, 6.45) is 1.50. The number of anilines is 2. The van der Waals surface area contributed by atoms with Gasteiger partial charge in [0.1, 0.15) is 9.96 Å². The normalized spacial score (nSPS) is 20.1. The topological polar surface area (TPSA) is 138 Å². The van der Waals surface area contributed by atoms with Gasteiger partial charge in [0, 0.05) is 43.7 Å². The average Bonchev–Trinajstić information content (AvgIpc) is 3.66. The second kappa shape index (κ2) is 16.8. The Kier molecular flexibility index (Phi) is 12.5. The lowest BCUT2D eigenvalue weighted by Crippen LogP contribution is -2.48. The van der Waals surface area contributed by atoms with E-state index in [0.717, 1.165) is 35.0 Å². The maximum atomic E-state index is 14.4. The number of sulfonamides is 1. The number of carbonyl (C=O) groups excluding carboxylic acids is 2. The molecule has 3 aromatic carbocycles. The van der Waals surface area contributed by atoms with Crippen molar-refractivity contribution in [2.75, 3.05) is 44.0 Å². The van der Waals surface area contributed by atoms with Crippen molar-refractivity contribution >= 4 is 55.4 Å². The number of ether oxygens (including phenoxy) is 2. The highest BCUT2D eigenvalue weighted by Gasteiger charge is 2.32. The fraction of sp³-hybridized carbons (Fsp3) is 0.405. The van der Waals surface area contributed by atoms with Crippen LogP contribution in [0.1, 0.15) is 50.4 Å². The summed E-state index contributed by atoms with van der Waals surface area (Å²) in [6, 6.07) is 20.6. The molecule has 1 aliphatic heterocycles. The Labute approximate surface area is 298 Å². The molecule has 0 radical (unpaired) electrons. The van der Waals surface area contributed by atoms with Crippen LogP contribution in [-0.2, 0) is 14.8 Å². The highest BCUT2D eigenvalue weighted by atomic mass is 32.2. The SMILES string of the molecule is C[C@@H]1CN([C@@H](C)CO)C(=O)c2cc(NC(=O)Nc3cccc4ccccc34)ccc2O[C@@H](C)CCCCO[C@@H]1CN(C)S(=O)(=O)c1cccs1. The quantitative estimate of drug-likeness (QED) is 0.185. The van der Waals surface area contributed by atoms with Crippen LogP contribution in [0.2, 0.25) is 0 Å². The molecule has 0 unspecified atom stereocenters. The third kappa shape index (κ3) is 9.01. The molecule has 1 aliphatic rings. The van der Waals surface area contributed by atoms with Crippen LogP contribution in [0.15, 0.2) is 82.4 Å². The van der Waals surface area contributed by atoms with E-state index in [9.17, 15) is 23.1 Å². The van der Waals surface area contributed by atoms with E-state index in [2.05, 4.69) is 10.6 Å². The summed E-state index contributed by atoms with van der Waals surface area (Å²) in [5.41, 5.74) is 1.27. The van der Waals surface area contributed by atoms with Crippen LogP contribution < -0.4 is 15.4 Å². The maximum absolute atomic E-state index is 14.4. The fourth-order valence-electron chi connectivity index (χ4n) is 6.00. The lowest BCUT2D eigenvalue weighted by atomic mass is 10.0. The number of hydrogen-bond donors (Lipinski definition) is 3. The number of thiophene rings is 1. The molecule has 0 saturated heterocycles. The minimum absolute atomic E-state index is 0.0902. The molecule has 0 spiro atoms. The molecule has 11 nitrogen and oxygen atoms in total. The predicted molar refractivity (Wildman–Crippen MR) is 198 cm³/mol. The van der Waals surface area contributed by atoms with Crippen LogP contribution >= 0.6 is 11.3 Å². The molecular weight excluding hydrogens is 677 g/mol. The van der Waals surface area contributed by atoms with Crippen molar-refractivity contribution in [3.63, 3.8) is 0 Å². The van der Waals surface area contributed by atoms with Crippen LogP contribution in [0.5, 0.6) is 5.75 Å². The predicted octanol–water partition coefficient (Wildman–Crippen LogP) is 6.66. The number of benzene rings is 3. The third-order valence-corrected chi connectivity index (χ3v) is 12.1. The summed E-state index contributed by atoms with van der Waals surface area (Å²) < 4.78 is 40.7. The third-order valence-electron chi connectivity index (χ3n) is 8.94. The molecule has 5 rings (SSSR count). The Balaban J connectivity index is 1.42. The molecule has 268 valence electrons. The van der Waals surface area contributed by atoms with E-state index in [-0.39, 0.29) is 41.5 Å². The zero-order valence-electron chi connectivity index (χ0n) is 28.9. The molecule has 2 heterocycles. The van der Waals surface area contributed by atoms with Gasteiger partial charge in [-0.1, -0.05) is 49.4 Å². The summed E-state index contributed by atoms with van der Waals surface area (Å²) >= 11 is 1.16. The standard InChI is InChI=1S/C37H46N4O7S2/c1-25-22-41(26(2)24-42)36(43)31-21-29(38-37(44)39-32-15-9-13-28-12-5-6-14-30(28)32)17-18-33(31)48-27(3)11-7-8-19-47-34(25)23-40(4)50(45,46)35-16-10-20-49-35/h5-6,9-10,12-18,20-21,25-27,34,42H,7-8,11,19,22-24H2,1-4H3,(H2,38,39,44)/t25-,26+,27+,34-/m1/s1. The van der Waals surface area contributed by atoms with Gasteiger partial charge in [-0.2, -0.15) is 4.31 Å². The smallest absolute Gasteiger partial charge is 0.323 e. The van der Waals surface area contributed by atoms with Gasteiger partial charge in [-0.25, -0.2) is 13.2 Å². The number of nitrogens with one attached hydrogen (secondary N) is 2. The molecule has 3 N–H and O–H groups in total. The van der Waals surface area contributed by atoms with Crippen molar-refractivity contribution in [3.8, 4) is 5.75 Å². The van der Waals surface area contributed by atoms with Crippen molar-refractivity contribution in [2.45, 2.75) is 62.5 Å². The second-order valence-corrected chi connectivity index (χ2v) is 16.1. The van der Waals surface area contributed by atoms with Crippen LogP contribution in [0, 0.1) is 5.92 Å². The number of nitrogens with zero attached hydrogens (tertiary/aromatic N) is 2. The highest BCUT2D eigenvalue weighted by Crippen LogP contribution is 2.30. The van der Waals surface area contributed by atoms with Gasteiger partial charge in [-0.3, -0.25) is 4.79 Å². The van der Waals surface area contributed by atoms with E-state index in [0.29, 0.717) is 30.2 Å². The largest absolute Gasteiger partial charge is 0.490 e. The van der Waals surface area contributed by atoms with E-state index >= 15 is 0 Å². The molecule has 1 aromatic heterocycles. The fourth-order valence-corrected chi connectivity index (χ4v) is 8.38. The Morgan fingerprint density at radius 2 is 1.84 bits per heavy atom. The van der Waals surface area contributed by atoms with E-state index in [1.54, 1.807) is 47.5 Å². The molecule has 0 fully saturated rings. The Hall–Kier alpha value is -4.01. The first-order chi connectivity index (χ1) is 24.0. The number of hydrogen-bond acceptors (Lipinski definition) is 8. The van der Waals surface area contributed by atoms with Crippen molar-refractivity contribution in [3.05, 3.63) is 83.7 Å². The minimum atomic E-state index is -3.72. The van der Waals surface area contributed by atoms with Crippen molar-refractivity contribution in [2.24, 2.45) is 5.92 Å². The molecule has 0 saturated carbocycles. The summed E-state index contributed by atoms with van der Waals surface area (Å²) in [5.74, 6) is -0.334. The summed E-state index contributed by atoms with van der Waals surface area (Å²) in [6.45, 7) is 5.99.